The minimum absolute atomic E-state index is 0.644. The lowest BCUT2D eigenvalue weighted by atomic mass is 10.1. The molecule has 2 atom stereocenters. The minimum Gasteiger partial charge on any atom is -0.310 e. The van der Waals surface area contributed by atoms with Crippen LogP contribution in [-0.4, -0.2) is 32.2 Å². The number of H-pyrrole nitrogens is 1. The standard InChI is InChI=1S/C16H22N4S/c1-2-21-15-6-5-14(8-15)18-10-13-11-19-20-16(13)12-4-3-7-17-9-12/h3-4,7,9,11,14-15,18H,2,5-6,8,10H2,1H3,(H,19,20)/t14-,15-/m0/s1. The zero-order chi connectivity index (χ0) is 14.5. The number of pyridine rings is 1. The Bertz CT molecular complexity index is 554. The maximum Gasteiger partial charge on any atom is 0.0710 e. The van der Waals surface area contributed by atoms with E-state index in [1.54, 1.807) is 6.20 Å². The van der Waals surface area contributed by atoms with Crippen molar-refractivity contribution in [3.63, 3.8) is 0 Å². The van der Waals surface area contributed by atoms with Gasteiger partial charge < -0.3 is 5.32 Å². The summed E-state index contributed by atoms with van der Waals surface area (Å²) in [5, 5.41) is 11.8. The third-order valence-corrected chi connectivity index (χ3v) is 5.27. The lowest BCUT2D eigenvalue weighted by Gasteiger charge is -2.13. The van der Waals surface area contributed by atoms with E-state index in [-0.39, 0.29) is 0 Å². The summed E-state index contributed by atoms with van der Waals surface area (Å²) in [6.45, 7) is 3.12. The molecule has 0 saturated heterocycles. The molecule has 5 heteroatoms. The summed E-state index contributed by atoms with van der Waals surface area (Å²) >= 11 is 2.10. The molecule has 0 spiro atoms. The highest BCUT2D eigenvalue weighted by Crippen LogP contribution is 2.30. The largest absolute Gasteiger partial charge is 0.310 e. The van der Waals surface area contributed by atoms with E-state index in [0.717, 1.165) is 23.1 Å². The fourth-order valence-corrected chi connectivity index (χ4v) is 4.12. The predicted molar refractivity (Wildman–Crippen MR) is 88.2 cm³/mol. The van der Waals surface area contributed by atoms with Crippen molar-refractivity contribution in [1.29, 1.82) is 0 Å². The molecular formula is C16H22N4S. The fourth-order valence-electron chi connectivity index (χ4n) is 2.97. The molecule has 112 valence electrons. The second-order valence-electron chi connectivity index (χ2n) is 5.48. The van der Waals surface area contributed by atoms with Crippen LogP contribution in [0, 0.1) is 0 Å². The SMILES string of the molecule is CCS[C@H]1CC[C@H](NCc2cn[nH]c2-c2cccnc2)C1. The van der Waals surface area contributed by atoms with E-state index in [4.69, 9.17) is 0 Å². The highest BCUT2D eigenvalue weighted by Gasteiger charge is 2.24. The summed E-state index contributed by atoms with van der Waals surface area (Å²) in [6.07, 6.45) is 9.51. The number of aromatic amines is 1. The normalized spacial score (nSPS) is 21.8. The minimum atomic E-state index is 0.644. The summed E-state index contributed by atoms with van der Waals surface area (Å²) in [7, 11) is 0. The van der Waals surface area contributed by atoms with E-state index < -0.39 is 0 Å². The van der Waals surface area contributed by atoms with Crippen LogP contribution in [0.1, 0.15) is 31.7 Å². The van der Waals surface area contributed by atoms with Crippen LogP contribution in [0.2, 0.25) is 0 Å². The molecular weight excluding hydrogens is 280 g/mol. The maximum atomic E-state index is 4.19. The van der Waals surface area contributed by atoms with E-state index in [9.17, 15) is 0 Å². The van der Waals surface area contributed by atoms with Crippen LogP contribution in [-0.2, 0) is 6.54 Å². The molecule has 1 aliphatic carbocycles. The maximum absolute atomic E-state index is 4.19. The van der Waals surface area contributed by atoms with Gasteiger partial charge in [-0.05, 0) is 37.1 Å². The van der Waals surface area contributed by atoms with Crippen molar-refractivity contribution in [2.24, 2.45) is 0 Å². The van der Waals surface area contributed by atoms with Gasteiger partial charge in [0.2, 0.25) is 0 Å². The van der Waals surface area contributed by atoms with Gasteiger partial charge in [-0.3, -0.25) is 10.1 Å². The molecule has 0 amide bonds. The topological polar surface area (TPSA) is 53.6 Å². The average Bonchev–Trinajstić information content (AvgIpc) is 3.15. The van der Waals surface area contributed by atoms with Crippen molar-refractivity contribution >= 4 is 11.8 Å². The van der Waals surface area contributed by atoms with Gasteiger partial charge in [-0.2, -0.15) is 16.9 Å². The number of nitrogens with one attached hydrogen (secondary N) is 2. The first-order valence-electron chi connectivity index (χ1n) is 7.64. The zero-order valence-electron chi connectivity index (χ0n) is 12.4. The van der Waals surface area contributed by atoms with Crippen LogP contribution in [0.15, 0.2) is 30.7 Å². The third-order valence-electron chi connectivity index (χ3n) is 4.04. The molecule has 2 aromatic rings. The van der Waals surface area contributed by atoms with Crippen molar-refractivity contribution in [1.82, 2.24) is 20.5 Å². The molecule has 2 aromatic heterocycles. The molecule has 0 aliphatic heterocycles. The second kappa shape index (κ2) is 7.09. The molecule has 1 aliphatic rings. The number of hydrogen-bond donors (Lipinski definition) is 2. The van der Waals surface area contributed by atoms with E-state index >= 15 is 0 Å². The smallest absolute Gasteiger partial charge is 0.0710 e. The van der Waals surface area contributed by atoms with Gasteiger partial charge >= 0.3 is 0 Å². The Morgan fingerprint density at radius 2 is 2.33 bits per heavy atom. The Hall–Kier alpha value is -1.33. The van der Waals surface area contributed by atoms with Gasteiger partial charge in [0.15, 0.2) is 0 Å². The zero-order valence-corrected chi connectivity index (χ0v) is 13.2. The average molecular weight is 302 g/mol. The highest BCUT2D eigenvalue weighted by atomic mass is 32.2. The first-order valence-corrected chi connectivity index (χ1v) is 8.69. The fraction of sp³-hybridized carbons (Fsp3) is 0.500. The molecule has 21 heavy (non-hydrogen) atoms. The molecule has 1 saturated carbocycles. The summed E-state index contributed by atoms with van der Waals surface area (Å²) in [5.41, 5.74) is 3.39. The van der Waals surface area contributed by atoms with Crippen LogP contribution in [0.5, 0.6) is 0 Å². The van der Waals surface area contributed by atoms with E-state index in [2.05, 4.69) is 45.3 Å². The second-order valence-corrected chi connectivity index (χ2v) is 7.06. The molecule has 4 nitrogen and oxygen atoms in total. The lowest BCUT2D eigenvalue weighted by Crippen LogP contribution is -2.26. The van der Waals surface area contributed by atoms with Gasteiger partial charge in [-0.25, -0.2) is 0 Å². The molecule has 0 unspecified atom stereocenters. The summed E-state index contributed by atoms with van der Waals surface area (Å²) in [4.78, 5) is 4.18. The Balaban J connectivity index is 1.59. The quantitative estimate of drug-likeness (QED) is 0.860. The van der Waals surface area contributed by atoms with Gasteiger partial charge in [0.05, 0.1) is 11.9 Å². The van der Waals surface area contributed by atoms with Crippen molar-refractivity contribution in [2.75, 3.05) is 5.75 Å². The van der Waals surface area contributed by atoms with Crippen molar-refractivity contribution in [2.45, 2.75) is 44.0 Å². The van der Waals surface area contributed by atoms with Gasteiger partial charge in [0.25, 0.3) is 0 Å². The Kier molecular flexibility index (Phi) is 4.93. The first kappa shape index (κ1) is 14.6. The monoisotopic (exact) mass is 302 g/mol. The number of thioether (sulfide) groups is 1. The van der Waals surface area contributed by atoms with Gasteiger partial charge in [-0.15, -0.1) is 0 Å². The molecule has 2 heterocycles. The Labute approximate surface area is 130 Å². The van der Waals surface area contributed by atoms with Crippen molar-refractivity contribution in [3.8, 4) is 11.3 Å². The van der Waals surface area contributed by atoms with Crippen LogP contribution in [0.4, 0.5) is 0 Å². The lowest BCUT2D eigenvalue weighted by molar-refractivity contribution is 0.525. The van der Waals surface area contributed by atoms with Crippen LogP contribution < -0.4 is 5.32 Å². The number of nitrogens with zero attached hydrogens (tertiary/aromatic N) is 2. The number of aromatic nitrogens is 3. The summed E-state index contributed by atoms with van der Waals surface area (Å²) in [6, 6.07) is 4.66. The van der Waals surface area contributed by atoms with E-state index in [0.29, 0.717) is 6.04 Å². The first-order chi connectivity index (χ1) is 10.4. The van der Waals surface area contributed by atoms with E-state index in [1.165, 1.54) is 30.6 Å². The summed E-state index contributed by atoms with van der Waals surface area (Å²) < 4.78 is 0. The number of hydrogen-bond acceptors (Lipinski definition) is 4. The third kappa shape index (κ3) is 3.66. The van der Waals surface area contributed by atoms with Crippen LogP contribution >= 0.6 is 11.8 Å². The van der Waals surface area contributed by atoms with Gasteiger partial charge in [-0.1, -0.05) is 6.92 Å². The van der Waals surface area contributed by atoms with Crippen molar-refractivity contribution < 1.29 is 0 Å². The Morgan fingerprint density at radius 1 is 1.38 bits per heavy atom. The molecule has 0 radical (unpaired) electrons. The molecule has 0 aromatic carbocycles. The van der Waals surface area contributed by atoms with Gasteiger partial charge in [0.1, 0.15) is 0 Å². The molecule has 0 bridgehead atoms. The van der Waals surface area contributed by atoms with Crippen LogP contribution in [0.3, 0.4) is 0 Å². The van der Waals surface area contributed by atoms with Crippen LogP contribution in [0.25, 0.3) is 11.3 Å². The molecule has 1 fully saturated rings. The molecule has 3 rings (SSSR count). The van der Waals surface area contributed by atoms with Crippen molar-refractivity contribution in [3.05, 3.63) is 36.3 Å². The summed E-state index contributed by atoms with van der Waals surface area (Å²) in [5.74, 6) is 1.23. The Morgan fingerprint density at radius 3 is 3.14 bits per heavy atom. The highest BCUT2D eigenvalue weighted by molar-refractivity contribution is 7.99. The number of rotatable bonds is 6. The van der Waals surface area contributed by atoms with Gasteiger partial charge in [0, 0.05) is 41.4 Å². The molecule has 2 N–H and O–H groups in total. The van der Waals surface area contributed by atoms with E-state index in [1.807, 2.05) is 18.5 Å². The predicted octanol–water partition coefficient (Wildman–Crippen LogP) is 3.24.